The minimum absolute atomic E-state index is 0.199. The third kappa shape index (κ3) is 2.73. The highest BCUT2D eigenvalue weighted by atomic mass is 16.4. The van der Waals surface area contributed by atoms with Gasteiger partial charge in [-0.2, -0.15) is 5.10 Å². The number of carbonyl (C=O) groups is 1. The maximum absolute atomic E-state index is 12.4. The fourth-order valence-electron chi connectivity index (χ4n) is 2.67. The van der Waals surface area contributed by atoms with Gasteiger partial charge in [-0.15, -0.1) is 0 Å². The lowest BCUT2D eigenvalue weighted by Gasteiger charge is -2.21. The van der Waals surface area contributed by atoms with Gasteiger partial charge in [0.15, 0.2) is 11.3 Å². The van der Waals surface area contributed by atoms with E-state index in [4.69, 9.17) is 4.42 Å². The number of anilines is 1. The first-order chi connectivity index (χ1) is 11.2. The predicted molar refractivity (Wildman–Crippen MR) is 91.4 cm³/mol. The molecular weight excluding hydrogens is 308 g/mol. The number of nitrogens with one attached hydrogen (secondary N) is 1. The smallest absolute Gasteiger partial charge is 0.408 e. The first-order valence-electron chi connectivity index (χ1n) is 7.65. The van der Waals surface area contributed by atoms with Crippen molar-refractivity contribution in [2.75, 3.05) is 5.32 Å². The number of aromatic nitrogens is 3. The highest BCUT2D eigenvalue weighted by molar-refractivity contribution is 6.03. The number of rotatable bonds is 2. The molecule has 0 unspecified atom stereocenters. The summed E-state index contributed by atoms with van der Waals surface area (Å²) >= 11 is 0. The predicted octanol–water partition coefficient (Wildman–Crippen LogP) is 2.64. The van der Waals surface area contributed by atoms with E-state index in [0.29, 0.717) is 22.5 Å². The molecule has 3 rings (SSSR count). The minimum Gasteiger partial charge on any atom is -0.408 e. The van der Waals surface area contributed by atoms with Gasteiger partial charge in [0.1, 0.15) is 0 Å². The van der Waals surface area contributed by atoms with Crippen LogP contribution in [0.15, 0.2) is 33.5 Å². The number of fused-ring (bicyclic) bond motifs is 1. The molecule has 0 spiro atoms. The molecule has 3 aromatic rings. The van der Waals surface area contributed by atoms with Gasteiger partial charge in [-0.25, -0.2) is 4.79 Å². The first-order valence-corrected chi connectivity index (χ1v) is 7.65. The van der Waals surface area contributed by atoms with Gasteiger partial charge in [0, 0.05) is 24.5 Å². The van der Waals surface area contributed by atoms with Crippen LogP contribution in [0.1, 0.15) is 37.0 Å². The second-order valence-electron chi connectivity index (χ2n) is 6.82. The van der Waals surface area contributed by atoms with Gasteiger partial charge >= 0.3 is 5.76 Å². The maximum atomic E-state index is 12.4. The molecule has 2 aromatic heterocycles. The van der Waals surface area contributed by atoms with Crippen molar-refractivity contribution in [3.63, 3.8) is 0 Å². The van der Waals surface area contributed by atoms with Crippen LogP contribution in [0.4, 0.5) is 5.69 Å². The van der Waals surface area contributed by atoms with E-state index in [1.54, 1.807) is 31.3 Å². The van der Waals surface area contributed by atoms with Crippen molar-refractivity contribution in [3.05, 3.63) is 46.2 Å². The monoisotopic (exact) mass is 328 g/mol. The fourth-order valence-corrected chi connectivity index (χ4v) is 2.67. The standard InChI is InChI=1S/C17H20N4O3/c1-10-8-12(19-21(10)17(2,3)4)15(22)18-11-6-7-13-14(9-11)24-16(23)20(13)5/h6-9H,1-5H3,(H,18,22). The van der Waals surface area contributed by atoms with E-state index < -0.39 is 5.76 Å². The Morgan fingerprint density at radius 1 is 1.25 bits per heavy atom. The summed E-state index contributed by atoms with van der Waals surface area (Å²) in [6.45, 7) is 8.00. The first kappa shape index (κ1) is 16.0. The summed E-state index contributed by atoms with van der Waals surface area (Å²) in [7, 11) is 1.63. The second kappa shape index (κ2) is 5.36. The molecule has 0 radical (unpaired) electrons. The highest BCUT2D eigenvalue weighted by Gasteiger charge is 2.20. The SMILES string of the molecule is Cc1cc(C(=O)Nc2ccc3c(c2)oc(=O)n3C)nn1C(C)(C)C. The summed E-state index contributed by atoms with van der Waals surface area (Å²) in [6, 6.07) is 6.83. The van der Waals surface area contributed by atoms with E-state index >= 15 is 0 Å². The van der Waals surface area contributed by atoms with Crippen LogP contribution in [0, 0.1) is 6.92 Å². The average molecular weight is 328 g/mol. The molecule has 0 aliphatic heterocycles. The molecule has 0 bridgehead atoms. The highest BCUT2D eigenvalue weighted by Crippen LogP contribution is 2.20. The van der Waals surface area contributed by atoms with E-state index in [-0.39, 0.29) is 11.4 Å². The van der Waals surface area contributed by atoms with Gasteiger partial charge < -0.3 is 9.73 Å². The van der Waals surface area contributed by atoms with Crippen LogP contribution in [-0.4, -0.2) is 20.3 Å². The van der Waals surface area contributed by atoms with Gasteiger partial charge in [0.2, 0.25) is 0 Å². The Kier molecular flexibility index (Phi) is 3.59. The van der Waals surface area contributed by atoms with Crippen molar-refractivity contribution >= 4 is 22.7 Å². The van der Waals surface area contributed by atoms with Crippen LogP contribution in [0.5, 0.6) is 0 Å². The minimum atomic E-state index is -0.437. The Balaban J connectivity index is 1.88. The van der Waals surface area contributed by atoms with Crippen molar-refractivity contribution in [2.24, 2.45) is 7.05 Å². The van der Waals surface area contributed by atoms with E-state index in [0.717, 1.165) is 5.69 Å². The molecule has 0 atom stereocenters. The molecule has 2 heterocycles. The number of hydrogen-bond acceptors (Lipinski definition) is 4. The average Bonchev–Trinajstić information content (AvgIpc) is 3.00. The zero-order chi connectivity index (χ0) is 17.6. The molecule has 126 valence electrons. The van der Waals surface area contributed by atoms with E-state index in [1.165, 1.54) is 4.57 Å². The van der Waals surface area contributed by atoms with Crippen molar-refractivity contribution in [2.45, 2.75) is 33.2 Å². The summed E-state index contributed by atoms with van der Waals surface area (Å²) in [5.41, 5.74) is 2.70. The second-order valence-corrected chi connectivity index (χ2v) is 6.82. The topological polar surface area (TPSA) is 82.1 Å². The lowest BCUT2D eigenvalue weighted by Crippen LogP contribution is -2.25. The number of carbonyl (C=O) groups excluding carboxylic acids is 1. The van der Waals surface area contributed by atoms with Gasteiger partial charge in [0.25, 0.3) is 5.91 Å². The zero-order valence-corrected chi connectivity index (χ0v) is 14.4. The number of benzene rings is 1. The summed E-state index contributed by atoms with van der Waals surface area (Å²) in [6.07, 6.45) is 0. The van der Waals surface area contributed by atoms with Crippen LogP contribution < -0.4 is 11.1 Å². The van der Waals surface area contributed by atoms with Crippen molar-refractivity contribution in [1.82, 2.24) is 14.3 Å². The van der Waals surface area contributed by atoms with Crippen LogP contribution in [0.2, 0.25) is 0 Å². The maximum Gasteiger partial charge on any atom is 0.419 e. The largest absolute Gasteiger partial charge is 0.419 e. The van der Waals surface area contributed by atoms with Crippen LogP contribution in [-0.2, 0) is 12.6 Å². The summed E-state index contributed by atoms with van der Waals surface area (Å²) in [5, 5.41) is 7.17. The van der Waals surface area contributed by atoms with E-state index in [2.05, 4.69) is 10.4 Å². The summed E-state index contributed by atoms with van der Waals surface area (Å²) < 4.78 is 8.36. The van der Waals surface area contributed by atoms with Gasteiger partial charge in [-0.05, 0) is 45.9 Å². The van der Waals surface area contributed by atoms with Gasteiger partial charge in [-0.1, -0.05) is 0 Å². The molecule has 1 N–H and O–H groups in total. The van der Waals surface area contributed by atoms with Crippen molar-refractivity contribution in [1.29, 1.82) is 0 Å². The number of oxazole rings is 1. The Morgan fingerprint density at radius 2 is 1.96 bits per heavy atom. The Bertz CT molecular complexity index is 986. The fraction of sp³-hybridized carbons (Fsp3) is 0.353. The number of amides is 1. The van der Waals surface area contributed by atoms with Crippen LogP contribution in [0.25, 0.3) is 11.1 Å². The number of aryl methyl sites for hydroxylation is 2. The third-order valence-corrected chi connectivity index (χ3v) is 3.81. The van der Waals surface area contributed by atoms with Crippen LogP contribution >= 0.6 is 0 Å². The van der Waals surface area contributed by atoms with Gasteiger partial charge in [0.05, 0.1) is 11.1 Å². The molecule has 0 fully saturated rings. The van der Waals surface area contributed by atoms with E-state index in [9.17, 15) is 9.59 Å². The third-order valence-electron chi connectivity index (χ3n) is 3.81. The van der Waals surface area contributed by atoms with Gasteiger partial charge in [-0.3, -0.25) is 14.0 Å². The molecule has 0 aliphatic rings. The Morgan fingerprint density at radius 3 is 2.58 bits per heavy atom. The zero-order valence-electron chi connectivity index (χ0n) is 14.4. The molecule has 0 saturated carbocycles. The molecule has 7 heteroatoms. The molecule has 0 aliphatic carbocycles. The van der Waals surface area contributed by atoms with E-state index in [1.807, 2.05) is 32.4 Å². The number of hydrogen-bond donors (Lipinski definition) is 1. The van der Waals surface area contributed by atoms with Crippen LogP contribution in [0.3, 0.4) is 0 Å². The molecule has 24 heavy (non-hydrogen) atoms. The lowest BCUT2D eigenvalue weighted by atomic mass is 10.1. The molecule has 0 saturated heterocycles. The molecule has 1 amide bonds. The normalized spacial score (nSPS) is 11.9. The molecular formula is C17H20N4O3. The van der Waals surface area contributed by atoms with Crippen molar-refractivity contribution in [3.8, 4) is 0 Å². The van der Waals surface area contributed by atoms with Crippen molar-refractivity contribution < 1.29 is 9.21 Å². The Labute approximate surface area is 138 Å². The summed E-state index contributed by atoms with van der Waals surface area (Å²) in [4.78, 5) is 24.0. The number of nitrogens with zero attached hydrogens (tertiary/aromatic N) is 3. The molecule has 7 nitrogen and oxygen atoms in total. The lowest BCUT2D eigenvalue weighted by molar-refractivity contribution is 0.102. The Hall–Kier alpha value is -2.83. The molecule has 1 aromatic carbocycles. The quantitative estimate of drug-likeness (QED) is 0.784. The summed E-state index contributed by atoms with van der Waals surface area (Å²) in [5.74, 6) is -0.744.